The number of rotatable bonds is 5. The van der Waals surface area contributed by atoms with Gasteiger partial charge in [-0.15, -0.1) is 24.0 Å². The quantitative estimate of drug-likeness (QED) is 0.458. The first-order chi connectivity index (χ1) is 8.11. The zero-order valence-corrected chi connectivity index (χ0v) is 14.8. The maximum atomic E-state index is 4.36. The van der Waals surface area contributed by atoms with Crippen molar-refractivity contribution in [1.29, 1.82) is 0 Å². The van der Waals surface area contributed by atoms with Crippen LogP contribution in [0.3, 0.4) is 0 Å². The Kier molecular flexibility index (Phi) is 8.99. The van der Waals surface area contributed by atoms with Gasteiger partial charge in [-0.1, -0.05) is 33.1 Å². The summed E-state index contributed by atoms with van der Waals surface area (Å²) in [6, 6.07) is 0. The molecular weight excluding hydrogens is 337 g/mol. The first kappa shape index (κ1) is 18.0. The fourth-order valence-electron chi connectivity index (χ4n) is 2.58. The third kappa shape index (κ3) is 5.76. The molecule has 108 valence electrons. The van der Waals surface area contributed by atoms with Gasteiger partial charge in [0.2, 0.25) is 0 Å². The van der Waals surface area contributed by atoms with Crippen LogP contribution in [0.1, 0.15) is 52.4 Å². The lowest BCUT2D eigenvalue weighted by atomic mass is 9.89. The molecule has 1 rings (SSSR count). The van der Waals surface area contributed by atoms with Crippen molar-refractivity contribution in [3.63, 3.8) is 0 Å². The molecule has 0 saturated heterocycles. The van der Waals surface area contributed by atoms with Gasteiger partial charge in [0.05, 0.1) is 0 Å². The summed E-state index contributed by atoms with van der Waals surface area (Å²) < 4.78 is 0. The molecule has 0 unspecified atom stereocenters. The van der Waals surface area contributed by atoms with E-state index in [9.17, 15) is 0 Å². The van der Waals surface area contributed by atoms with Crippen molar-refractivity contribution in [2.75, 3.05) is 27.2 Å². The van der Waals surface area contributed by atoms with Gasteiger partial charge in [-0.05, 0) is 24.7 Å². The summed E-state index contributed by atoms with van der Waals surface area (Å²) in [6.45, 7) is 6.78. The third-order valence-corrected chi connectivity index (χ3v) is 3.90. The van der Waals surface area contributed by atoms with E-state index in [2.05, 4.69) is 36.1 Å². The van der Waals surface area contributed by atoms with Crippen LogP contribution in [-0.2, 0) is 0 Å². The second kappa shape index (κ2) is 8.99. The minimum Gasteiger partial charge on any atom is -0.356 e. The molecule has 1 aliphatic carbocycles. The van der Waals surface area contributed by atoms with Crippen molar-refractivity contribution in [3.05, 3.63) is 0 Å². The zero-order valence-electron chi connectivity index (χ0n) is 12.5. The van der Waals surface area contributed by atoms with E-state index < -0.39 is 0 Å². The molecule has 0 aromatic heterocycles. The number of aliphatic imine (C=N–C) groups is 1. The fraction of sp³-hybridized carbons (Fsp3) is 0.929. The Balaban J connectivity index is 0.00000289. The van der Waals surface area contributed by atoms with Crippen LogP contribution in [0.15, 0.2) is 4.99 Å². The van der Waals surface area contributed by atoms with Crippen LogP contribution >= 0.6 is 24.0 Å². The van der Waals surface area contributed by atoms with Gasteiger partial charge >= 0.3 is 0 Å². The maximum absolute atomic E-state index is 4.36. The summed E-state index contributed by atoms with van der Waals surface area (Å²) in [5, 5.41) is 3.54. The van der Waals surface area contributed by atoms with Gasteiger partial charge in [0.15, 0.2) is 5.96 Å². The Hall–Kier alpha value is 0. The number of guanidine groups is 1. The Morgan fingerprint density at radius 2 is 1.94 bits per heavy atom. The van der Waals surface area contributed by atoms with Crippen LogP contribution in [-0.4, -0.2) is 38.0 Å². The minimum absolute atomic E-state index is 0. The van der Waals surface area contributed by atoms with Crippen molar-refractivity contribution in [2.24, 2.45) is 10.4 Å². The third-order valence-electron chi connectivity index (χ3n) is 3.90. The summed E-state index contributed by atoms with van der Waals surface area (Å²) in [5.41, 5.74) is 0.488. The van der Waals surface area contributed by atoms with E-state index >= 15 is 0 Å². The largest absolute Gasteiger partial charge is 0.356 e. The second-order valence-electron chi connectivity index (χ2n) is 5.69. The predicted molar refractivity (Wildman–Crippen MR) is 90.9 cm³/mol. The second-order valence-corrected chi connectivity index (χ2v) is 5.69. The minimum atomic E-state index is 0. The average molecular weight is 367 g/mol. The fourth-order valence-corrected chi connectivity index (χ4v) is 2.58. The molecule has 1 aliphatic rings. The van der Waals surface area contributed by atoms with E-state index in [1.54, 1.807) is 0 Å². The van der Waals surface area contributed by atoms with Gasteiger partial charge in [0.25, 0.3) is 0 Å². The Morgan fingerprint density at radius 1 is 1.33 bits per heavy atom. The lowest BCUT2D eigenvalue weighted by molar-refractivity contribution is 0.327. The van der Waals surface area contributed by atoms with Crippen molar-refractivity contribution in [1.82, 2.24) is 10.2 Å². The zero-order chi connectivity index (χ0) is 12.7. The number of hydrogen-bond acceptors (Lipinski definition) is 1. The van der Waals surface area contributed by atoms with Crippen LogP contribution in [0.25, 0.3) is 0 Å². The molecule has 0 aliphatic heterocycles. The molecule has 0 amide bonds. The van der Waals surface area contributed by atoms with Crippen LogP contribution in [0.4, 0.5) is 0 Å². The van der Waals surface area contributed by atoms with E-state index in [1.807, 2.05) is 7.05 Å². The van der Waals surface area contributed by atoms with Gasteiger partial charge in [-0.25, -0.2) is 0 Å². The van der Waals surface area contributed by atoms with Gasteiger partial charge < -0.3 is 10.2 Å². The molecule has 3 nitrogen and oxygen atoms in total. The van der Waals surface area contributed by atoms with Crippen LogP contribution in [0.5, 0.6) is 0 Å². The van der Waals surface area contributed by atoms with E-state index in [0.717, 1.165) is 19.0 Å². The highest BCUT2D eigenvalue weighted by Gasteiger charge is 2.28. The molecule has 0 aromatic carbocycles. The molecule has 0 spiro atoms. The van der Waals surface area contributed by atoms with Crippen LogP contribution in [0, 0.1) is 5.41 Å². The summed E-state index contributed by atoms with van der Waals surface area (Å²) in [5.74, 6) is 1.05. The monoisotopic (exact) mass is 367 g/mol. The Morgan fingerprint density at radius 3 is 2.44 bits per heavy atom. The smallest absolute Gasteiger partial charge is 0.193 e. The van der Waals surface area contributed by atoms with Gasteiger partial charge in [0.1, 0.15) is 0 Å². The van der Waals surface area contributed by atoms with Crippen molar-refractivity contribution >= 4 is 29.9 Å². The molecule has 0 aromatic rings. The van der Waals surface area contributed by atoms with E-state index in [1.165, 1.54) is 38.5 Å². The highest BCUT2D eigenvalue weighted by molar-refractivity contribution is 14.0. The molecule has 0 heterocycles. The van der Waals surface area contributed by atoms with E-state index in [-0.39, 0.29) is 24.0 Å². The standard InChI is InChI=1S/C14H29N3.HI/c1-5-6-11-17(4)13(15-3)16-12-14(2)9-7-8-10-14;/h5-12H2,1-4H3,(H,15,16);1H. The SMILES string of the molecule is CCCCN(C)C(=NC)NCC1(C)CCCC1.I. The molecule has 1 saturated carbocycles. The highest BCUT2D eigenvalue weighted by atomic mass is 127. The van der Waals surface area contributed by atoms with Gasteiger partial charge in [-0.3, -0.25) is 4.99 Å². The molecular formula is C14H30IN3. The summed E-state index contributed by atoms with van der Waals surface area (Å²) >= 11 is 0. The maximum Gasteiger partial charge on any atom is 0.193 e. The molecule has 1 N–H and O–H groups in total. The molecule has 1 fully saturated rings. The summed E-state index contributed by atoms with van der Waals surface area (Å²) in [7, 11) is 4.00. The molecule has 0 radical (unpaired) electrons. The topological polar surface area (TPSA) is 27.6 Å². The molecule has 18 heavy (non-hydrogen) atoms. The van der Waals surface area contributed by atoms with Crippen molar-refractivity contribution < 1.29 is 0 Å². The van der Waals surface area contributed by atoms with Crippen molar-refractivity contribution in [3.8, 4) is 0 Å². The van der Waals surface area contributed by atoms with Gasteiger partial charge in [-0.2, -0.15) is 0 Å². The van der Waals surface area contributed by atoms with Crippen molar-refractivity contribution in [2.45, 2.75) is 52.4 Å². The first-order valence-electron chi connectivity index (χ1n) is 7.03. The molecule has 4 heteroatoms. The number of hydrogen-bond donors (Lipinski definition) is 1. The van der Waals surface area contributed by atoms with Crippen LogP contribution in [0.2, 0.25) is 0 Å². The Bertz CT molecular complexity index is 247. The van der Waals surface area contributed by atoms with Gasteiger partial charge in [0, 0.05) is 27.2 Å². The van der Waals surface area contributed by atoms with E-state index in [4.69, 9.17) is 0 Å². The average Bonchev–Trinajstić information content (AvgIpc) is 2.74. The number of unbranched alkanes of at least 4 members (excludes halogenated alkanes) is 1. The van der Waals surface area contributed by atoms with Crippen LogP contribution < -0.4 is 5.32 Å². The molecule has 0 bridgehead atoms. The first-order valence-corrected chi connectivity index (χ1v) is 7.03. The number of halogens is 1. The molecule has 0 atom stereocenters. The predicted octanol–water partition coefficient (Wildman–Crippen LogP) is 3.49. The number of nitrogens with one attached hydrogen (secondary N) is 1. The lowest BCUT2D eigenvalue weighted by Gasteiger charge is -2.28. The normalized spacial score (nSPS) is 18.3. The highest BCUT2D eigenvalue weighted by Crippen LogP contribution is 2.36. The Labute approximate surface area is 130 Å². The van der Waals surface area contributed by atoms with E-state index in [0.29, 0.717) is 5.41 Å². The summed E-state index contributed by atoms with van der Waals surface area (Å²) in [4.78, 5) is 6.60. The lowest BCUT2D eigenvalue weighted by Crippen LogP contribution is -2.43. The summed E-state index contributed by atoms with van der Waals surface area (Å²) in [6.07, 6.45) is 7.96. The number of nitrogens with zero attached hydrogens (tertiary/aromatic N) is 2.